The van der Waals surface area contributed by atoms with Crippen LogP contribution >= 0.6 is 15.6 Å². The summed E-state index contributed by atoms with van der Waals surface area (Å²) in [5.41, 5.74) is 0. The number of carbonyl (C=O) groups is 4. The van der Waals surface area contributed by atoms with Crippen LogP contribution in [-0.4, -0.2) is 96.7 Å². The second-order valence-electron chi connectivity index (χ2n) is 25.9. The molecule has 0 aromatic rings. The Bertz CT molecular complexity index is 2590. The largest absolute Gasteiger partial charge is 0.472 e. The van der Waals surface area contributed by atoms with Crippen LogP contribution in [0, 0.1) is 0 Å². The smallest absolute Gasteiger partial charge is 0.462 e. The standard InChI is InChI=1S/C85H140O17P2/c1-5-9-13-17-21-25-29-33-37-39-43-46-50-54-58-62-66-70-83(88)96-76-81(102-85(90)72-68-64-60-56-52-48-44-40-38-34-30-26-22-18-14-10-6-2)78-100-104(93,94)98-74-79(86)73-97-103(91,92)99-77-80(101-84(89)71-67-63-59-55-51-47-42-36-32-28-24-20-16-12-8-4)75-95-82(87)69-65-61-57-53-49-45-41-35-31-27-23-19-15-11-7-3/h9-11,13-15,21-23,25-27,33-35,37-38,41,43,46,49,53-54,58,61,65,79-81,86H,5-8,12,16-20,24,28-32,36,39-40,42,44-45,47-48,50-52,55-57,59-60,62-64,66-78H2,1-4H3,(H,91,92)(H,93,94)/b13-9-,14-10-,15-11-,25-21-,26-22-,27-23-,37-33-,38-34-,41-35-,46-43-,53-49-,58-54-,65-61-. The minimum absolute atomic E-state index is 0.0645. The number of unbranched alkanes of at least 4 members (excludes halogenated alkanes) is 22. The maximum atomic E-state index is 13.1. The maximum absolute atomic E-state index is 13.1. The van der Waals surface area contributed by atoms with Crippen LogP contribution in [-0.2, 0) is 65.4 Å². The number of phosphoric acid groups is 2. The highest BCUT2D eigenvalue weighted by Crippen LogP contribution is 2.45. The van der Waals surface area contributed by atoms with Gasteiger partial charge in [0, 0.05) is 19.3 Å². The third kappa shape index (κ3) is 74.9. The highest BCUT2D eigenvalue weighted by molar-refractivity contribution is 7.47. The van der Waals surface area contributed by atoms with E-state index < -0.39 is 97.5 Å². The van der Waals surface area contributed by atoms with Crippen molar-refractivity contribution < 1.29 is 80.2 Å². The highest BCUT2D eigenvalue weighted by Gasteiger charge is 2.30. The summed E-state index contributed by atoms with van der Waals surface area (Å²) in [6, 6.07) is 0. The summed E-state index contributed by atoms with van der Waals surface area (Å²) < 4.78 is 68.4. The summed E-state index contributed by atoms with van der Waals surface area (Å²) >= 11 is 0. The number of aliphatic hydroxyl groups excluding tert-OH is 1. The lowest BCUT2D eigenvalue weighted by Gasteiger charge is -2.21. The number of hydrogen-bond acceptors (Lipinski definition) is 15. The molecule has 19 heteroatoms. The molecule has 0 saturated heterocycles. The molecule has 0 aromatic carbocycles. The predicted molar refractivity (Wildman–Crippen MR) is 427 cm³/mol. The topological polar surface area (TPSA) is 237 Å². The Labute approximate surface area is 629 Å². The average molecular weight is 1500 g/mol. The van der Waals surface area contributed by atoms with Gasteiger partial charge in [-0.2, -0.15) is 0 Å². The third-order valence-electron chi connectivity index (χ3n) is 16.0. The van der Waals surface area contributed by atoms with Gasteiger partial charge in [-0.3, -0.25) is 37.3 Å². The van der Waals surface area contributed by atoms with Crippen LogP contribution in [0.15, 0.2) is 158 Å². The predicted octanol–water partition coefficient (Wildman–Crippen LogP) is 23.2. The van der Waals surface area contributed by atoms with Crippen molar-refractivity contribution in [1.82, 2.24) is 0 Å². The normalized spacial score (nSPS) is 14.7. The number of phosphoric ester groups is 2. The first-order valence-electron chi connectivity index (χ1n) is 39.7. The van der Waals surface area contributed by atoms with E-state index in [2.05, 4.69) is 149 Å². The lowest BCUT2D eigenvalue weighted by molar-refractivity contribution is -0.161. The summed E-state index contributed by atoms with van der Waals surface area (Å²) in [4.78, 5) is 73.0. The van der Waals surface area contributed by atoms with E-state index in [0.717, 1.165) is 148 Å². The number of esters is 4. The average Bonchev–Trinajstić information content (AvgIpc) is 0.926. The number of rotatable bonds is 73. The first kappa shape index (κ1) is 98.7. The van der Waals surface area contributed by atoms with Crippen LogP contribution in [0.4, 0.5) is 0 Å². The van der Waals surface area contributed by atoms with Crippen LogP contribution in [0.2, 0.25) is 0 Å². The molecule has 5 atom stereocenters. The van der Waals surface area contributed by atoms with Gasteiger partial charge in [0.25, 0.3) is 0 Å². The van der Waals surface area contributed by atoms with Crippen molar-refractivity contribution >= 4 is 39.5 Å². The number of aliphatic hydroxyl groups is 1. The summed E-state index contributed by atoms with van der Waals surface area (Å²) in [6.45, 7) is 4.35. The van der Waals surface area contributed by atoms with Crippen molar-refractivity contribution in [3.8, 4) is 0 Å². The Morgan fingerprint density at radius 2 is 0.548 bits per heavy atom. The molecular formula is C85H140O17P2. The van der Waals surface area contributed by atoms with E-state index in [0.29, 0.717) is 32.1 Å². The van der Waals surface area contributed by atoms with Gasteiger partial charge in [0.1, 0.15) is 19.3 Å². The van der Waals surface area contributed by atoms with Crippen LogP contribution in [0.3, 0.4) is 0 Å². The minimum Gasteiger partial charge on any atom is -0.462 e. The molecule has 0 aliphatic rings. The van der Waals surface area contributed by atoms with Gasteiger partial charge in [-0.05, 0) is 122 Å². The second kappa shape index (κ2) is 75.9. The van der Waals surface area contributed by atoms with Crippen molar-refractivity contribution in [2.24, 2.45) is 0 Å². The molecule has 0 spiro atoms. The fraction of sp³-hybridized carbons (Fsp3) is 0.647. The van der Waals surface area contributed by atoms with Crippen LogP contribution in [0.5, 0.6) is 0 Å². The molecule has 592 valence electrons. The van der Waals surface area contributed by atoms with Crippen LogP contribution in [0.25, 0.3) is 0 Å². The zero-order chi connectivity index (χ0) is 76.0. The molecule has 0 radical (unpaired) electrons. The number of allylic oxidation sites excluding steroid dienone is 25. The van der Waals surface area contributed by atoms with Crippen LogP contribution in [0.1, 0.15) is 297 Å². The molecular weight excluding hydrogens is 1350 g/mol. The summed E-state index contributed by atoms with van der Waals surface area (Å²) in [5.74, 6) is -2.40. The van der Waals surface area contributed by atoms with Gasteiger partial charge >= 0.3 is 39.5 Å². The molecule has 104 heavy (non-hydrogen) atoms. The Morgan fingerprint density at radius 3 is 0.885 bits per heavy atom. The van der Waals surface area contributed by atoms with Crippen molar-refractivity contribution in [2.75, 3.05) is 39.6 Å². The quantitative estimate of drug-likeness (QED) is 0.0169. The molecule has 0 rings (SSSR count). The van der Waals surface area contributed by atoms with E-state index in [4.69, 9.17) is 37.0 Å². The fourth-order valence-electron chi connectivity index (χ4n) is 10.1. The van der Waals surface area contributed by atoms with E-state index in [-0.39, 0.29) is 25.7 Å². The Hall–Kier alpha value is -5.32. The molecule has 0 heterocycles. The summed E-state index contributed by atoms with van der Waals surface area (Å²) in [5, 5.41) is 10.6. The number of ether oxygens (including phenoxy) is 4. The van der Waals surface area contributed by atoms with E-state index in [1.165, 1.54) is 64.2 Å². The molecule has 0 aliphatic heterocycles. The monoisotopic (exact) mass is 1490 g/mol. The maximum Gasteiger partial charge on any atom is 0.472 e. The molecule has 0 saturated carbocycles. The summed E-state index contributed by atoms with van der Waals surface area (Å²) in [7, 11) is -10.0. The zero-order valence-electron chi connectivity index (χ0n) is 64.6. The van der Waals surface area contributed by atoms with Gasteiger partial charge in [-0.25, -0.2) is 9.13 Å². The lowest BCUT2D eigenvalue weighted by atomic mass is 10.0. The van der Waals surface area contributed by atoms with Gasteiger partial charge in [-0.1, -0.05) is 308 Å². The first-order valence-corrected chi connectivity index (χ1v) is 42.7. The van der Waals surface area contributed by atoms with E-state index in [1.54, 1.807) is 6.08 Å². The van der Waals surface area contributed by atoms with E-state index in [1.807, 2.05) is 30.4 Å². The van der Waals surface area contributed by atoms with E-state index in [9.17, 15) is 43.2 Å². The Balaban J connectivity index is 5.49. The fourth-order valence-corrected chi connectivity index (χ4v) is 11.7. The molecule has 0 amide bonds. The Morgan fingerprint density at radius 1 is 0.288 bits per heavy atom. The van der Waals surface area contributed by atoms with Crippen molar-refractivity contribution in [2.45, 2.75) is 316 Å². The molecule has 5 unspecified atom stereocenters. The number of hydrogen-bond donors (Lipinski definition) is 3. The zero-order valence-corrected chi connectivity index (χ0v) is 66.4. The van der Waals surface area contributed by atoms with Gasteiger partial charge in [0.05, 0.1) is 32.8 Å². The van der Waals surface area contributed by atoms with Crippen molar-refractivity contribution in [3.63, 3.8) is 0 Å². The van der Waals surface area contributed by atoms with E-state index >= 15 is 0 Å². The van der Waals surface area contributed by atoms with Crippen molar-refractivity contribution in [1.29, 1.82) is 0 Å². The Kier molecular flexibility index (Phi) is 72.0. The molecule has 17 nitrogen and oxygen atoms in total. The number of carbonyl (C=O) groups excluding carboxylic acids is 4. The van der Waals surface area contributed by atoms with Crippen LogP contribution < -0.4 is 0 Å². The first-order chi connectivity index (χ1) is 50.7. The summed E-state index contributed by atoms with van der Waals surface area (Å²) in [6.07, 6.45) is 88.3. The van der Waals surface area contributed by atoms with Crippen molar-refractivity contribution in [3.05, 3.63) is 158 Å². The molecule has 0 aliphatic carbocycles. The SMILES string of the molecule is CC/C=C\C/C=C\C/C=C\C/C=C\C/C=C\CCCC(=O)OCC(COP(=O)(O)OCC(O)COP(=O)(O)OCC(COC(=O)C/C=C\C/C=C\C/C=C\C/C=C\C/C=C\CC)OC(=O)CCCCCCCCCCCCCCCCC)OC(=O)CCCCCCCCC/C=C\C/C=C\C/C=C\CC. The molecule has 3 N–H and O–H groups in total. The molecule has 0 bridgehead atoms. The van der Waals surface area contributed by atoms with Gasteiger partial charge in [0.15, 0.2) is 12.2 Å². The molecule has 0 fully saturated rings. The third-order valence-corrected chi connectivity index (χ3v) is 17.9. The van der Waals surface area contributed by atoms with Gasteiger partial charge in [0.2, 0.25) is 0 Å². The van der Waals surface area contributed by atoms with Gasteiger partial charge < -0.3 is 33.8 Å². The van der Waals surface area contributed by atoms with Gasteiger partial charge in [-0.15, -0.1) is 0 Å². The second-order valence-corrected chi connectivity index (χ2v) is 28.8. The molecule has 0 aromatic heterocycles. The minimum atomic E-state index is -5.00. The highest BCUT2D eigenvalue weighted by atomic mass is 31.2. The lowest BCUT2D eigenvalue weighted by Crippen LogP contribution is -2.30.